The molecule has 1 aromatic carbocycles. The molecule has 0 aliphatic heterocycles. The summed E-state index contributed by atoms with van der Waals surface area (Å²) in [6, 6.07) is 5.03. The quantitative estimate of drug-likeness (QED) is 0.400. The summed E-state index contributed by atoms with van der Waals surface area (Å²) >= 11 is 0. The van der Waals surface area contributed by atoms with E-state index in [4.69, 9.17) is 5.21 Å². The Balaban J connectivity index is 2.69. The van der Waals surface area contributed by atoms with E-state index in [0.717, 1.165) is 11.6 Å². The fraction of sp³-hybridized carbons (Fsp3) is 0. The van der Waals surface area contributed by atoms with Crippen molar-refractivity contribution in [3.8, 4) is 5.75 Å². The zero-order valence-electron chi connectivity index (χ0n) is 7.12. The summed E-state index contributed by atoms with van der Waals surface area (Å²) in [5.41, 5.74) is 0.442. The first-order valence-electron chi connectivity index (χ1n) is 3.93. The van der Waals surface area contributed by atoms with Crippen LogP contribution in [0, 0.1) is 0 Å². The van der Waals surface area contributed by atoms with Crippen LogP contribution in [0.4, 0.5) is 0 Å². The number of para-hydroxylation sites is 1. The molecular weight excluding hydrogens is 182 g/mol. The van der Waals surface area contributed by atoms with E-state index in [0.29, 0.717) is 5.52 Å². The van der Waals surface area contributed by atoms with Crippen molar-refractivity contribution in [2.24, 2.45) is 5.16 Å². The predicted molar refractivity (Wildman–Crippen MR) is 50.6 cm³/mol. The molecule has 0 unspecified atom stereocenters. The van der Waals surface area contributed by atoms with Gasteiger partial charge in [0.25, 0.3) is 0 Å². The molecule has 0 saturated heterocycles. The summed E-state index contributed by atoms with van der Waals surface area (Å²) in [5, 5.41) is 21.3. The summed E-state index contributed by atoms with van der Waals surface area (Å²) in [6.07, 6.45) is 2.66. The zero-order chi connectivity index (χ0) is 9.97. The molecule has 0 atom stereocenters. The summed E-state index contributed by atoms with van der Waals surface area (Å²) in [4.78, 5) is 7.90. The fourth-order valence-corrected chi connectivity index (χ4v) is 1.17. The number of hydrogen-bond donors (Lipinski definition) is 2. The number of nitrogens with zero attached hydrogens (tertiary/aromatic N) is 3. The van der Waals surface area contributed by atoms with Gasteiger partial charge in [-0.15, -0.1) is 0 Å². The van der Waals surface area contributed by atoms with E-state index in [1.165, 1.54) is 6.07 Å². The Morgan fingerprint density at radius 2 is 2.21 bits per heavy atom. The second-order valence-corrected chi connectivity index (χ2v) is 2.69. The Bertz CT molecular complexity index is 496. The Morgan fingerprint density at radius 3 is 3.00 bits per heavy atom. The standard InChI is InChI=1S/C9H7N3O2/c13-7-3-1-2-6-4-10-8(5-11-14)12-9(6)7/h1-5,13-14H. The summed E-state index contributed by atoms with van der Waals surface area (Å²) in [6.45, 7) is 0. The Kier molecular flexibility index (Phi) is 1.98. The first-order chi connectivity index (χ1) is 6.81. The van der Waals surface area contributed by atoms with Gasteiger partial charge < -0.3 is 10.3 Å². The van der Waals surface area contributed by atoms with Crippen molar-refractivity contribution in [3.05, 3.63) is 30.2 Å². The third-order valence-electron chi connectivity index (χ3n) is 1.78. The topological polar surface area (TPSA) is 78.6 Å². The first-order valence-corrected chi connectivity index (χ1v) is 3.93. The highest BCUT2D eigenvalue weighted by Gasteiger charge is 2.01. The van der Waals surface area contributed by atoms with Gasteiger partial charge in [0.1, 0.15) is 17.5 Å². The lowest BCUT2D eigenvalue weighted by atomic mass is 10.2. The van der Waals surface area contributed by atoms with E-state index < -0.39 is 0 Å². The van der Waals surface area contributed by atoms with Crippen molar-refractivity contribution in [1.82, 2.24) is 9.97 Å². The number of oxime groups is 1. The number of phenolic OH excluding ortho intramolecular Hbond substituents is 1. The van der Waals surface area contributed by atoms with Crippen LogP contribution in [0.5, 0.6) is 5.75 Å². The lowest BCUT2D eigenvalue weighted by Gasteiger charge is -1.99. The number of hydrogen-bond acceptors (Lipinski definition) is 5. The Labute approximate surface area is 79.4 Å². The average Bonchev–Trinajstić information content (AvgIpc) is 2.20. The summed E-state index contributed by atoms with van der Waals surface area (Å²) in [7, 11) is 0. The fourth-order valence-electron chi connectivity index (χ4n) is 1.17. The second-order valence-electron chi connectivity index (χ2n) is 2.69. The van der Waals surface area contributed by atoms with Crippen molar-refractivity contribution in [1.29, 1.82) is 0 Å². The van der Waals surface area contributed by atoms with Gasteiger partial charge in [-0.25, -0.2) is 9.97 Å². The SMILES string of the molecule is ON=Cc1ncc2cccc(O)c2n1. The molecule has 0 saturated carbocycles. The van der Waals surface area contributed by atoms with Crippen LogP contribution in [-0.4, -0.2) is 26.5 Å². The lowest BCUT2D eigenvalue weighted by Crippen LogP contribution is -1.93. The van der Waals surface area contributed by atoms with Crippen LogP contribution >= 0.6 is 0 Å². The molecule has 0 spiro atoms. The van der Waals surface area contributed by atoms with Gasteiger partial charge >= 0.3 is 0 Å². The maximum atomic E-state index is 9.47. The van der Waals surface area contributed by atoms with E-state index in [9.17, 15) is 5.11 Å². The minimum absolute atomic E-state index is 0.0810. The number of rotatable bonds is 1. The molecular formula is C9H7N3O2. The molecule has 2 aromatic rings. The number of aromatic nitrogens is 2. The van der Waals surface area contributed by atoms with Gasteiger partial charge in [0.05, 0.1) is 0 Å². The molecule has 0 bridgehead atoms. The van der Waals surface area contributed by atoms with Gasteiger partial charge in [-0.3, -0.25) is 0 Å². The molecule has 1 heterocycles. The van der Waals surface area contributed by atoms with Gasteiger partial charge in [0, 0.05) is 11.6 Å². The van der Waals surface area contributed by atoms with Crippen molar-refractivity contribution in [3.63, 3.8) is 0 Å². The lowest BCUT2D eigenvalue weighted by molar-refractivity contribution is 0.321. The third-order valence-corrected chi connectivity index (χ3v) is 1.78. The second kappa shape index (κ2) is 3.29. The van der Waals surface area contributed by atoms with Crippen molar-refractivity contribution >= 4 is 17.1 Å². The molecule has 0 amide bonds. The van der Waals surface area contributed by atoms with Gasteiger partial charge in [-0.05, 0) is 6.07 Å². The predicted octanol–water partition coefficient (Wildman–Crippen LogP) is 1.14. The molecule has 5 nitrogen and oxygen atoms in total. The molecule has 1 aromatic heterocycles. The molecule has 14 heavy (non-hydrogen) atoms. The van der Waals surface area contributed by atoms with Crippen LogP contribution in [0.1, 0.15) is 5.82 Å². The number of phenols is 1. The smallest absolute Gasteiger partial charge is 0.174 e. The number of aromatic hydroxyl groups is 1. The zero-order valence-corrected chi connectivity index (χ0v) is 7.12. The Morgan fingerprint density at radius 1 is 1.36 bits per heavy atom. The molecule has 2 N–H and O–H groups in total. The maximum Gasteiger partial charge on any atom is 0.174 e. The minimum Gasteiger partial charge on any atom is -0.506 e. The highest BCUT2D eigenvalue weighted by molar-refractivity contribution is 5.86. The van der Waals surface area contributed by atoms with Gasteiger partial charge in [-0.2, -0.15) is 0 Å². The first kappa shape index (κ1) is 8.43. The summed E-state index contributed by atoms with van der Waals surface area (Å²) < 4.78 is 0. The van der Waals surface area contributed by atoms with Crippen LogP contribution < -0.4 is 0 Å². The molecule has 70 valence electrons. The van der Waals surface area contributed by atoms with Crippen LogP contribution in [0.25, 0.3) is 10.9 Å². The van der Waals surface area contributed by atoms with Crippen LogP contribution in [-0.2, 0) is 0 Å². The molecule has 0 fully saturated rings. The van der Waals surface area contributed by atoms with Crippen LogP contribution in [0.15, 0.2) is 29.6 Å². The Hall–Kier alpha value is -2.17. The third kappa shape index (κ3) is 1.35. The van der Waals surface area contributed by atoms with Gasteiger partial charge in [-0.1, -0.05) is 17.3 Å². The summed E-state index contributed by atoms with van der Waals surface area (Å²) in [5.74, 6) is 0.332. The average molecular weight is 189 g/mol. The van der Waals surface area contributed by atoms with Crippen molar-refractivity contribution in [2.75, 3.05) is 0 Å². The number of fused-ring (bicyclic) bond motifs is 1. The van der Waals surface area contributed by atoms with Crippen LogP contribution in [0.3, 0.4) is 0 Å². The van der Waals surface area contributed by atoms with E-state index in [1.54, 1.807) is 18.3 Å². The molecule has 5 heteroatoms. The molecule has 0 aliphatic rings. The van der Waals surface area contributed by atoms with E-state index >= 15 is 0 Å². The van der Waals surface area contributed by atoms with E-state index in [-0.39, 0.29) is 11.6 Å². The number of benzene rings is 1. The van der Waals surface area contributed by atoms with Gasteiger partial charge in [0.2, 0.25) is 0 Å². The minimum atomic E-state index is 0.0810. The highest BCUT2D eigenvalue weighted by Crippen LogP contribution is 2.20. The monoisotopic (exact) mass is 189 g/mol. The van der Waals surface area contributed by atoms with E-state index in [2.05, 4.69) is 15.1 Å². The normalized spacial score (nSPS) is 11.1. The molecule has 0 radical (unpaired) electrons. The van der Waals surface area contributed by atoms with Crippen LogP contribution in [0.2, 0.25) is 0 Å². The van der Waals surface area contributed by atoms with Crippen molar-refractivity contribution in [2.45, 2.75) is 0 Å². The van der Waals surface area contributed by atoms with Gasteiger partial charge in [0.15, 0.2) is 5.82 Å². The molecule has 0 aliphatic carbocycles. The van der Waals surface area contributed by atoms with E-state index in [1.807, 2.05) is 0 Å². The molecule has 2 rings (SSSR count). The maximum absolute atomic E-state index is 9.47. The largest absolute Gasteiger partial charge is 0.506 e. The highest BCUT2D eigenvalue weighted by atomic mass is 16.4. The van der Waals surface area contributed by atoms with Crippen molar-refractivity contribution < 1.29 is 10.3 Å².